The van der Waals surface area contributed by atoms with E-state index in [0.29, 0.717) is 23.8 Å². The zero-order valence-corrected chi connectivity index (χ0v) is 15.6. The van der Waals surface area contributed by atoms with Gasteiger partial charge in [-0.3, -0.25) is 4.99 Å². The standard InChI is InChI=1S/C18H21ClN2O2S/c1-4-21(5-2)24(22,23)18-12-14(3)6-11-17(18)20-13-15-7-9-16(19)10-8-15/h6-13H,4-5H2,1-3H3. The molecule has 0 aromatic heterocycles. The molecule has 0 atom stereocenters. The maximum absolute atomic E-state index is 12.9. The van der Waals surface area contributed by atoms with Crippen LogP contribution in [0.1, 0.15) is 25.0 Å². The van der Waals surface area contributed by atoms with Gasteiger partial charge >= 0.3 is 0 Å². The van der Waals surface area contributed by atoms with Gasteiger partial charge in [0.15, 0.2) is 0 Å². The van der Waals surface area contributed by atoms with E-state index >= 15 is 0 Å². The molecule has 0 radical (unpaired) electrons. The van der Waals surface area contributed by atoms with Crippen LogP contribution in [-0.2, 0) is 10.0 Å². The summed E-state index contributed by atoms with van der Waals surface area (Å²) in [5.74, 6) is 0. The molecule has 0 fully saturated rings. The quantitative estimate of drug-likeness (QED) is 0.712. The molecule has 0 unspecified atom stereocenters. The minimum absolute atomic E-state index is 0.233. The molecule has 0 amide bonds. The smallest absolute Gasteiger partial charge is 0.245 e. The molecule has 0 bridgehead atoms. The highest BCUT2D eigenvalue weighted by Crippen LogP contribution is 2.28. The normalized spacial score (nSPS) is 12.2. The van der Waals surface area contributed by atoms with Crippen molar-refractivity contribution in [3.05, 3.63) is 58.6 Å². The van der Waals surface area contributed by atoms with Crippen molar-refractivity contribution in [2.45, 2.75) is 25.7 Å². The van der Waals surface area contributed by atoms with Crippen molar-refractivity contribution in [1.29, 1.82) is 0 Å². The van der Waals surface area contributed by atoms with E-state index in [1.165, 1.54) is 4.31 Å². The molecule has 2 rings (SSSR count). The molecule has 4 nitrogen and oxygen atoms in total. The van der Waals surface area contributed by atoms with Crippen molar-refractivity contribution in [3.8, 4) is 0 Å². The number of halogens is 1. The summed E-state index contributed by atoms with van der Waals surface area (Å²) >= 11 is 5.87. The Morgan fingerprint density at radius 3 is 2.29 bits per heavy atom. The Labute approximate surface area is 148 Å². The minimum atomic E-state index is -3.57. The van der Waals surface area contributed by atoms with Crippen molar-refractivity contribution in [3.63, 3.8) is 0 Å². The Morgan fingerprint density at radius 2 is 1.71 bits per heavy atom. The molecular formula is C18H21ClN2O2S. The van der Waals surface area contributed by atoms with Gasteiger partial charge in [0.05, 0.1) is 5.69 Å². The van der Waals surface area contributed by atoms with Crippen LogP contribution in [0, 0.1) is 6.92 Å². The predicted octanol–water partition coefficient (Wildman–Crippen LogP) is 4.43. The summed E-state index contributed by atoms with van der Waals surface area (Å²) in [6.45, 7) is 6.37. The fourth-order valence-corrected chi connectivity index (χ4v) is 4.13. The van der Waals surface area contributed by atoms with Crippen LogP contribution < -0.4 is 0 Å². The highest BCUT2D eigenvalue weighted by Gasteiger charge is 2.24. The lowest BCUT2D eigenvalue weighted by Crippen LogP contribution is -2.30. The number of sulfonamides is 1. The van der Waals surface area contributed by atoms with E-state index in [1.54, 1.807) is 30.5 Å². The second-order valence-corrected chi connectivity index (χ2v) is 7.71. The molecular weight excluding hydrogens is 344 g/mol. The first-order valence-electron chi connectivity index (χ1n) is 7.79. The zero-order valence-electron chi connectivity index (χ0n) is 14.0. The summed E-state index contributed by atoms with van der Waals surface area (Å²) in [6.07, 6.45) is 1.64. The Bertz CT molecular complexity index is 827. The van der Waals surface area contributed by atoms with Crippen LogP contribution in [0.15, 0.2) is 52.4 Å². The molecule has 0 heterocycles. The van der Waals surface area contributed by atoms with Crippen LogP contribution in [0.25, 0.3) is 0 Å². The van der Waals surface area contributed by atoms with E-state index in [-0.39, 0.29) is 4.90 Å². The van der Waals surface area contributed by atoms with Crippen LogP contribution in [-0.4, -0.2) is 32.0 Å². The molecule has 2 aromatic rings. The SMILES string of the molecule is CCN(CC)S(=O)(=O)c1cc(C)ccc1N=Cc1ccc(Cl)cc1. The average Bonchev–Trinajstić information content (AvgIpc) is 2.56. The van der Waals surface area contributed by atoms with E-state index in [9.17, 15) is 8.42 Å². The number of hydrogen-bond acceptors (Lipinski definition) is 3. The van der Waals surface area contributed by atoms with Gasteiger partial charge < -0.3 is 0 Å². The van der Waals surface area contributed by atoms with Gasteiger partial charge in [-0.2, -0.15) is 4.31 Å². The van der Waals surface area contributed by atoms with E-state index in [2.05, 4.69) is 4.99 Å². The third-order valence-electron chi connectivity index (χ3n) is 3.66. The van der Waals surface area contributed by atoms with Crippen LogP contribution in [0.4, 0.5) is 5.69 Å². The number of aryl methyl sites for hydroxylation is 1. The Morgan fingerprint density at radius 1 is 1.08 bits per heavy atom. The number of rotatable bonds is 6. The molecule has 0 aliphatic rings. The number of nitrogens with zero attached hydrogens (tertiary/aromatic N) is 2. The van der Waals surface area contributed by atoms with Crippen LogP contribution in [0.3, 0.4) is 0 Å². The zero-order chi connectivity index (χ0) is 17.7. The number of hydrogen-bond donors (Lipinski definition) is 0. The summed E-state index contributed by atoms with van der Waals surface area (Å²) in [4.78, 5) is 4.62. The van der Waals surface area contributed by atoms with Gasteiger partial charge in [-0.1, -0.05) is 43.6 Å². The molecule has 6 heteroatoms. The lowest BCUT2D eigenvalue weighted by Gasteiger charge is -2.19. The van der Waals surface area contributed by atoms with Crippen molar-refractivity contribution < 1.29 is 8.42 Å². The first-order chi connectivity index (χ1) is 11.4. The third-order valence-corrected chi connectivity index (χ3v) is 5.99. The topological polar surface area (TPSA) is 49.7 Å². The van der Waals surface area contributed by atoms with Gasteiger partial charge in [0.2, 0.25) is 10.0 Å². The van der Waals surface area contributed by atoms with E-state index in [1.807, 2.05) is 39.0 Å². The Balaban J connectivity index is 2.46. The van der Waals surface area contributed by atoms with Crippen LogP contribution >= 0.6 is 11.6 Å². The van der Waals surface area contributed by atoms with Crippen molar-refractivity contribution in [1.82, 2.24) is 4.31 Å². The van der Waals surface area contributed by atoms with Gasteiger partial charge in [0.25, 0.3) is 0 Å². The first-order valence-corrected chi connectivity index (χ1v) is 9.60. The fraction of sp³-hybridized carbons (Fsp3) is 0.278. The molecule has 0 saturated heterocycles. The molecule has 0 spiro atoms. The van der Waals surface area contributed by atoms with E-state index in [4.69, 9.17) is 11.6 Å². The fourth-order valence-electron chi connectivity index (χ4n) is 2.33. The highest BCUT2D eigenvalue weighted by atomic mass is 35.5. The van der Waals surface area contributed by atoms with Crippen LogP contribution in [0.2, 0.25) is 5.02 Å². The van der Waals surface area contributed by atoms with Gasteiger partial charge in [0.1, 0.15) is 4.90 Å². The lowest BCUT2D eigenvalue weighted by atomic mass is 10.2. The summed E-state index contributed by atoms with van der Waals surface area (Å²) in [6, 6.07) is 12.5. The second kappa shape index (κ2) is 7.92. The van der Waals surface area contributed by atoms with Crippen molar-refractivity contribution in [2.75, 3.05) is 13.1 Å². The minimum Gasteiger partial charge on any atom is -0.255 e. The monoisotopic (exact) mass is 364 g/mol. The van der Waals surface area contributed by atoms with E-state index in [0.717, 1.165) is 11.1 Å². The van der Waals surface area contributed by atoms with Gasteiger partial charge in [-0.05, 0) is 42.3 Å². The summed E-state index contributed by atoms with van der Waals surface area (Å²) in [5.41, 5.74) is 2.17. The third kappa shape index (κ3) is 4.23. The lowest BCUT2D eigenvalue weighted by molar-refractivity contribution is 0.445. The summed E-state index contributed by atoms with van der Waals surface area (Å²) in [5, 5.41) is 0.646. The largest absolute Gasteiger partial charge is 0.255 e. The molecule has 0 aliphatic heterocycles. The number of aliphatic imine (C=N–C) groups is 1. The molecule has 128 valence electrons. The van der Waals surface area contributed by atoms with Crippen molar-refractivity contribution in [2.24, 2.45) is 4.99 Å². The first kappa shape index (κ1) is 18.6. The molecule has 0 saturated carbocycles. The number of benzene rings is 2. The predicted molar refractivity (Wildman–Crippen MR) is 100.0 cm³/mol. The maximum atomic E-state index is 12.9. The highest BCUT2D eigenvalue weighted by molar-refractivity contribution is 7.89. The molecule has 0 N–H and O–H groups in total. The molecule has 24 heavy (non-hydrogen) atoms. The Hall–Kier alpha value is -1.69. The van der Waals surface area contributed by atoms with Crippen molar-refractivity contribution >= 4 is 33.5 Å². The summed E-state index contributed by atoms with van der Waals surface area (Å²) < 4.78 is 27.1. The summed E-state index contributed by atoms with van der Waals surface area (Å²) in [7, 11) is -3.57. The second-order valence-electron chi connectivity index (χ2n) is 5.37. The van der Waals surface area contributed by atoms with E-state index < -0.39 is 10.0 Å². The van der Waals surface area contributed by atoms with Gasteiger partial charge in [0, 0.05) is 24.3 Å². The average molecular weight is 365 g/mol. The van der Waals surface area contributed by atoms with Gasteiger partial charge in [-0.15, -0.1) is 0 Å². The molecule has 2 aromatic carbocycles. The molecule has 0 aliphatic carbocycles. The van der Waals surface area contributed by atoms with Gasteiger partial charge in [-0.25, -0.2) is 8.42 Å². The maximum Gasteiger partial charge on any atom is 0.245 e. The Kier molecular flexibility index (Phi) is 6.15. The van der Waals surface area contributed by atoms with Crippen LogP contribution in [0.5, 0.6) is 0 Å².